The molecule has 11 heteroatoms. The molecule has 0 bridgehead atoms. The summed E-state index contributed by atoms with van der Waals surface area (Å²) >= 11 is 1.95. The highest BCUT2D eigenvalue weighted by molar-refractivity contribution is 7.99. The van der Waals surface area contributed by atoms with E-state index in [0.29, 0.717) is 29.5 Å². The number of nitrogens with zero attached hydrogens (tertiary/aromatic N) is 7. The number of ether oxygens (including phenoxy) is 1. The molecule has 1 saturated heterocycles. The highest BCUT2D eigenvalue weighted by Gasteiger charge is 2.21. The minimum atomic E-state index is -1.76. The summed E-state index contributed by atoms with van der Waals surface area (Å²) in [7, 11) is 0. The van der Waals surface area contributed by atoms with E-state index in [9.17, 15) is 4.39 Å². The molecule has 0 spiro atoms. The van der Waals surface area contributed by atoms with Crippen LogP contribution in [0.1, 0.15) is 38.1 Å². The molecule has 5 rings (SSSR count). The molecule has 194 valence electrons. The largest absolute Gasteiger partial charge is 0.459 e. The van der Waals surface area contributed by atoms with Crippen molar-refractivity contribution < 1.29 is 13.7 Å². The zero-order valence-corrected chi connectivity index (χ0v) is 22.2. The number of piperidine rings is 1. The van der Waals surface area contributed by atoms with Crippen molar-refractivity contribution >= 4 is 17.6 Å². The number of hydrogen-bond acceptors (Lipinski definition) is 9. The van der Waals surface area contributed by atoms with Gasteiger partial charge >= 0.3 is 0 Å². The van der Waals surface area contributed by atoms with Crippen molar-refractivity contribution in [3.05, 3.63) is 54.0 Å². The van der Waals surface area contributed by atoms with Crippen molar-refractivity contribution in [2.24, 2.45) is 0 Å². The van der Waals surface area contributed by atoms with Gasteiger partial charge in [0.2, 0.25) is 17.5 Å². The Morgan fingerprint density at radius 1 is 1.11 bits per heavy atom. The van der Waals surface area contributed by atoms with Gasteiger partial charge in [-0.3, -0.25) is 0 Å². The van der Waals surface area contributed by atoms with Gasteiger partial charge in [-0.1, -0.05) is 5.16 Å². The maximum atomic E-state index is 13.7. The van der Waals surface area contributed by atoms with Crippen LogP contribution in [0.3, 0.4) is 0 Å². The van der Waals surface area contributed by atoms with Gasteiger partial charge in [-0.25, -0.2) is 14.6 Å². The van der Waals surface area contributed by atoms with Crippen molar-refractivity contribution in [1.29, 1.82) is 0 Å². The third-order valence-corrected chi connectivity index (χ3v) is 7.33. The van der Waals surface area contributed by atoms with Crippen molar-refractivity contribution in [3.63, 3.8) is 0 Å². The summed E-state index contributed by atoms with van der Waals surface area (Å²) in [4.78, 5) is 15.9. The Kier molecular flexibility index (Phi) is 7.14. The van der Waals surface area contributed by atoms with Crippen LogP contribution < -0.4 is 9.64 Å². The zero-order valence-electron chi connectivity index (χ0n) is 21.4. The lowest BCUT2D eigenvalue weighted by molar-refractivity contribution is -0.0256. The standard InChI is InChI=1S/C26H30FN7O2S/c1-17-29-24(25-30-23(32-36-25)19-5-7-20(8-6-19)35-26(2,3)27)31-34(17)16-18-9-12-28-22(15-18)33-13-10-21(37-4)11-14-33/h5-9,12,15,21H,10-11,13-14,16H2,1-4H3. The van der Waals surface area contributed by atoms with E-state index in [1.807, 2.05) is 35.6 Å². The molecule has 37 heavy (non-hydrogen) atoms. The van der Waals surface area contributed by atoms with Crippen LogP contribution in [0, 0.1) is 6.92 Å². The van der Waals surface area contributed by atoms with Gasteiger partial charge in [-0.15, -0.1) is 5.10 Å². The van der Waals surface area contributed by atoms with Gasteiger partial charge in [-0.05, 0) is 68.0 Å². The van der Waals surface area contributed by atoms with Crippen molar-refractivity contribution in [2.45, 2.75) is 51.3 Å². The number of aryl methyl sites for hydroxylation is 1. The molecule has 1 aromatic carbocycles. The van der Waals surface area contributed by atoms with E-state index >= 15 is 0 Å². The Morgan fingerprint density at radius 2 is 1.86 bits per heavy atom. The molecule has 1 aliphatic heterocycles. The molecule has 0 radical (unpaired) electrons. The fourth-order valence-corrected chi connectivity index (χ4v) is 4.95. The predicted molar refractivity (Wildman–Crippen MR) is 141 cm³/mol. The minimum absolute atomic E-state index is 0.231. The van der Waals surface area contributed by atoms with Crippen LogP contribution in [0.25, 0.3) is 23.1 Å². The zero-order chi connectivity index (χ0) is 26.0. The molecule has 9 nitrogen and oxygen atoms in total. The normalized spacial score (nSPS) is 14.8. The molecule has 0 saturated carbocycles. The summed E-state index contributed by atoms with van der Waals surface area (Å²) in [6.07, 6.45) is 6.40. The van der Waals surface area contributed by atoms with Gasteiger partial charge in [0.15, 0.2) is 0 Å². The van der Waals surface area contributed by atoms with Crippen molar-refractivity contribution in [1.82, 2.24) is 29.9 Å². The molecule has 1 fully saturated rings. The van der Waals surface area contributed by atoms with E-state index in [4.69, 9.17) is 9.26 Å². The topological polar surface area (TPSA) is 95.0 Å². The van der Waals surface area contributed by atoms with Gasteiger partial charge < -0.3 is 14.2 Å². The number of benzene rings is 1. The van der Waals surface area contributed by atoms with Gasteiger partial charge in [0, 0.05) is 43.9 Å². The minimum Gasteiger partial charge on any atom is -0.459 e. The van der Waals surface area contributed by atoms with Crippen molar-refractivity contribution in [3.8, 4) is 28.9 Å². The molecule has 4 aromatic rings. The highest BCUT2D eigenvalue weighted by Crippen LogP contribution is 2.26. The number of pyridine rings is 1. The van der Waals surface area contributed by atoms with E-state index in [1.165, 1.54) is 26.7 Å². The van der Waals surface area contributed by atoms with Crippen molar-refractivity contribution in [2.75, 3.05) is 24.2 Å². The molecular weight excluding hydrogens is 493 g/mol. The number of anilines is 1. The third kappa shape index (κ3) is 6.10. The average Bonchev–Trinajstić information content (AvgIpc) is 3.51. The maximum Gasteiger partial charge on any atom is 0.297 e. The summed E-state index contributed by atoms with van der Waals surface area (Å²) < 4.78 is 26.2. The summed E-state index contributed by atoms with van der Waals surface area (Å²) in [5.41, 5.74) is 1.81. The monoisotopic (exact) mass is 523 g/mol. The predicted octanol–water partition coefficient (Wildman–Crippen LogP) is 5.16. The Balaban J connectivity index is 1.28. The molecular formula is C26H30FN7O2S. The van der Waals surface area contributed by atoms with Crippen LogP contribution >= 0.6 is 11.8 Å². The van der Waals surface area contributed by atoms with Crippen LogP contribution in [0.15, 0.2) is 47.1 Å². The van der Waals surface area contributed by atoms with Gasteiger partial charge in [-0.2, -0.15) is 21.1 Å². The lowest BCUT2D eigenvalue weighted by Crippen LogP contribution is -2.35. The van der Waals surface area contributed by atoms with E-state index in [1.54, 1.807) is 24.3 Å². The second kappa shape index (κ2) is 10.5. The molecule has 0 N–H and O–H groups in total. The number of alkyl halides is 1. The molecule has 1 aliphatic rings. The van der Waals surface area contributed by atoms with Crippen LogP contribution in [0.2, 0.25) is 0 Å². The molecule has 3 aromatic heterocycles. The smallest absolute Gasteiger partial charge is 0.297 e. The first-order valence-electron chi connectivity index (χ1n) is 12.2. The van der Waals surface area contributed by atoms with Crippen LogP contribution in [0.5, 0.6) is 5.75 Å². The Bertz CT molecular complexity index is 1340. The summed E-state index contributed by atoms with van der Waals surface area (Å²) in [5, 5.41) is 9.41. The molecule has 4 heterocycles. The second-order valence-electron chi connectivity index (χ2n) is 9.50. The van der Waals surface area contributed by atoms with Gasteiger partial charge in [0.25, 0.3) is 5.89 Å². The summed E-state index contributed by atoms with van der Waals surface area (Å²) in [6, 6.07) is 11.0. The number of rotatable bonds is 8. The van der Waals surface area contributed by atoms with E-state index < -0.39 is 5.85 Å². The first-order valence-corrected chi connectivity index (χ1v) is 13.5. The Hall–Kier alpha value is -3.47. The lowest BCUT2D eigenvalue weighted by atomic mass is 10.1. The average molecular weight is 524 g/mol. The quantitative estimate of drug-likeness (QED) is 0.310. The first-order chi connectivity index (χ1) is 17.8. The lowest BCUT2D eigenvalue weighted by Gasteiger charge is -2.32. The fourth-order valence-electron chi connectivity index (χ4n) is 4.27. The fraction of sp³-hybridized carbons (Fsp3) is 0.423. The number of hydrogen-bond donors (Lipinski definition) is 0. The summed E-state index contributed by atoms with van der Waals surface area (Å²) in [5.74, 6) is 1.38. The van der Waals surface area contributed by atoms with Crippen LogP contribution in [-0.2, 0) is 6.54 Å². The number of thioether (sulfide) groups is 1. The molecule has 0 atom stereocenters. The maximum absolute atomic E-state index is 13.7. The summed E-state index contributed by atoms with van der Waals surface area (Å²) in [6.45, 7) is 7.21. The van der Waals surface area contributed by atoms with Crippen LogP contribution in [0.4, 0.5) is 10.2 Å². The first kappa shape index (κ1) is 25.2. The number of aromatic nitrogens is 6. The van der Waals surface area contributed by atoms with E-state index in [2.05, 4.69) is 42.4 Å². The molecule has 0 aliphatic carbocycles. The molecule has 0 unspecified atom stereocenters. The number of halogens is 1. The highest BCUT2D eigenvalue weighted by atomic mass is 32.2. The van der Waals surface area contributed by atoms with E-state index in [0.717, 1.165) is 35.5 Å². The van der Waals surface area contributed by atoms with Crippen LogP contribution in [-0.4, -0.2) is 60.3 Å². The van der Waals surface area contributed by atoms with Gasteiger partial charge in [0.1, 0.15) is 17.4 Å². The Morgan fingerprint density at radius 3 is 2.57 bits per heavy atom. The second-order valence-corrected chi connectivity index (χ2v) is 10.6. The van der Waals surface area contributed by atoms with E-state index in [-0.39, 0.29) is 5.89 Å². The SMILES string of the molecule is CSC1CCN(c2cc(Cn3nc(-c4nc(-c5ccc(OC(C)(C)F)cc5)no4)nc3C)ccn2)CC1. The Labute approximate surface area is 219 Å². The third-order valence-electron chi connectivity index (χ3n) is 6.19. The van der Waals surface area contributed by atoms with Gasteiger partial charge in [0.05, 0.1) is 6.54 Å². The molecule has 0 amide bonds.